The molecule has 1 N–H and O–H groups in total. The van der Waals surface area contributed by atoms with Gasteiger partial charge in [-0.25, -0.2) is 8.42 Å². The number of nitrogens with one attached hydrogen (secondary N) is 1. The second-order valence-corrected chi connectivity index (χ2v) is 7.99. The number of rotatable bonds is 5. The Morgan fingerprint density at radius 2 is 1.95 bits per heavy atom. The van der Waals surface area contributed by atoms with Gasteiger partial charge < -0.3 is 5.32 Å². The molecule has 3 nitrogen and oxygen atoms in total. The van der Waals surface area contributed by atoms with Gasteiger partial charge in [0.05, 0.1) is 5.25 Å². The summed E-state index contributed by atoms with van der Waals surface area (Å²) in [6, 6.07) is 6.56. The minimum absolute atomic E-state index is 0.0329. The quantitative estimate of drug-likeness (QED) is 0.894. The summed E-state index contributed by atoms with van der Waals surface area (Å²) in [5.41, 5.74) is 4.13. The Morgan fingerprint density at radius 3 is 2.58 bits per heavy atom. The summed E-state index contributed by atoms with van der Waals surface area (Å²) in [6.07, 6.45) is 5.66. The minimum atomic E-state index is -3.01. The Bertz CT molecular complexity index is 551. The second kappa shape index (κ2) is 5.63. The van der Waals surface area contributed by atoms with Gasteiger partial charge in [0.1, 0.15) is 0 Å². The molecule has 0 saturated heterocycles. The summed E-state index contributed by atoms with van der Waals surface area (Å²) in [5.74, 6) is 0. The number of sulfone groups is 1. The van der Waals surface area contributed by atoms with Gasteiger partial charge in [-0.1, -0.05) is 18.2 Å². The predicted octanol–water partition coefficient (Wildman–Crippen LogP) is 1.74. The topological polar surface area (TPSA) is 46.2 Å². The fraction of sp³-hybridized carbons (Fsp3) is 0.600. The molecule has 1 aromatic rings. The van der Waals surface area contributed by atoms with Crippen LogP contribution in [-0.4, -0.2) is 33.0 Å². The van der Waals surface area contributed by atoms with Gasteiger partial charge in [0.2, 0.25) is 0 Å². The first-order chi connectivity index (χ1) is 8.91. The normalized spacial score (nSPS) is 18.1. The van der Waals surface area contributed by atoms with Crippen LogP contribution in [0.3, 0.4) is 0 Å². The largest absolute Gasteiger partial charge is 0.315 e. The zero-order valence-electron chi connectivity index (χ0n) is 11.9. The van der Waals surface area contributed by atoms with Gasteiger partial charge in [0, 0.05) is 12.3 Å². The molecule has 0 heterocycles. The molecule has 4 heteroatoms. The van der Waals surface area contributed by atoms with Gasteiger partial charge in [0.15, 0.2) is 9.84 Å². The molecule has 2 rings (SSSR count). The van der Waals surface area contributed by atoms with Crippen LogP contribution in [0.1, 0.15) is 30.0 Å². The van der Waals surface area contributed by atoms with E-state index in [0.29, 0.717) is 0 Å². The Labute approximate surface area is 116 Å². The number of likely N-dealkylation sites (N-methyl/N-ethyl adjacent to an activating group) is 1. The van der Waals surface area contributed by atoms with Crippen molar-refractivity contribution in [3.05, 3.63) is 34.9 Å². The highest BCUT2D eigenvalue weighted by Gasteiger charge is 2.25. The first-order valence-corrected chi connectivity index (χ1v) is 8.84. The average Bonchev–Trinajstić information content (AvgIpc) is 2.81. The van der Waals surface area contributed by atoms with Crippen molar-refractivity contribution in [2.75, 3.05) is 13.3 Å². The fourth-order valence-corrected chi connectivity index (χ4v) is 3.64. The first-order valence-electron chi connectivity index (χ1n) is 6.88. The molecule has 0 spiro atoms. The zero-order chi connectivity index (χ0) is 14.0. The maximum absolute atomic E-state index is 11.7. The summed E-state index contributed by atoms with van der Waals surface area (Å²) in [6.45, 7) is 1.78. The van der Waals surface area contributed by atoms with Gasteiger partial charge in [-0.3, -0.25) is 0 Å². The highest BCUT2D eigenvalue weighted by Crippen LogP contribution is 2.23. The van der Waals surface area contributed by atoms with Crippen molar-refractivity contribution in [1.82, 2.24) is 5.32 Å². The van der Waals surface area contributed by atoms with Crippen molar-refractivity contribution in [1.29, 1.82) is 0 Å². The second-order valence-electron chi connectivity index (χ2n) is 5.59. The third-order valence-corrected chi connectivity index (χ3v) is 5.91. The van der Waals surface area contributed by atoms with Crippen LogP contribution in [0.2, 0.25) is 0 Å². The summed E-state index contributed by atoms with van der Waals surface area (Å²) >= 11 is 0. The van der Waals surface area contributed by atoms with Crippen molar-refractivity contribution >= 4 is 9.84 Å². The van der Waals surface area contributed by atoms with Crippen LogP contribution < -0.4 is 5.32 Å². The number of hydrogen-bond acceptors (Lipinski definition) is 3. The molecule has 2 unspecified atom stereocenters. The predicted molar refractivity (Wildman–Crippen MR) is 79.3 cm³/mol. The van der Waals surface area contributed by atoms with E-state index in [-0.39, 0.29) is 11.3 Å². The molecule has 0 fully saturated rings. The molecule has 0 aliphatic heterocycles. The number of hydrogen-bond donors (Lipinski definition) is 1. The van der Waals surface area contributed by atoms with E-state index >= 15 is 0 Å². The lowest BCUT2D eigenvalue weighted by Gasteiger charge is -2.22. The van der Waals surface area contributed by atoms with E-state index in [0.717, 1.165) is 12.8 Å². The van der Waals surface area contributed by atoms with Crippen LogP contribution in [0.4, 0.5) is 0 Å². The molecule has 1 aliphatic rings. The molecule has 0 radical (unpaired) electrons. The molecular formula is C15H23NO2S. The van der Waals surface area contributed by atoms with Crippen LogP contribution in [-0.2, 0) is 29.1 Å². The number of fused-ring (bicyclic) bond motifs is 1. The van der Waals surface area contributed by atoms with E-state index in [4.69, 9.17) is 0 Å². The molecule has 0 aromatic heterocycles. The van der Waals surface area contributed by atoms with E-state index in [1.165, 1.54) is 35.8 Å². The maximum atomic E-state index is 11.7. The first kappa shape index (κ1) is 14.5. The Kier molecular flexibility index (Phi) is 4.31. The highest BCUT2D eigenvalue weighted by atomic mass is 32.2. The van der Waals surface area contributed by atoms with Gasteiger partial charge in [-0.15, -0.1) is 0 Å². The van der Waals surface area contributed by atoms with Gasteiger partial charge >= 0.3 is 0 Å². The molecule has 106 valence electrons. The Balaban J connectivity index is 2.15. The van der Waals surface area contributed by atoms with Crippen molar-refractivity contribution in [2.24, 2.45) is 0 Å². The smallest absolute Gasteiger partial charge is 0.151 e. The molecule has 0 bridgehead atoms. The van der Waals surface area contributed by atoms with Gasteiger partial charge in [-0.2, -0.15) is 0 Å². The van der Waals surface area contributed by atoms with Crippen molar-refractivity contribution in [2.45, 2.75) is 43.9 Å². The minimum Gasteiger partial charge on any atom is -0.315 e. The van der Waals surface area contributed by atoms with Gasteiger partial charge in [0.25, 0.3) is 0 Å². The van der Waals surface area contributed by atoms with Crippen molar-refractivity contribution < 1.29 is 8.42 Å². The van der Waals surface area contributed by atoms with E-state index in [2.05, 4.69) is 23.5 Å². The number of benzene rings is 1. The van der Waals surface area contributed by atoms with E-state index in [1.54, 1.807) is 6.92 Å². The maximum Gasteiger partial charge on any atom is 0.151 e. The molecule has 0 amide bonds. The summed E-state index contributed by atoms with van der Waals surface area (Å²) in [5, 5.41) is 2.78. The molecule has 1 aliphatic carbocycles. The van der Waals surface area contributed by atoms with Crippen LogP contribution in [0, 0.1) is 0 Å². The lowest BCUT2D eigenvalue weighted by molar-refractivity contribution is 0.516. The lowest BCUT2D eigenvalue weighted by atomic mass is 9.99. The third-order valence-electron chi connectivity index (χ3n) is 4.23. The standard InChI is InChI=1S/C15H23NO2S/c1-11(19(3,17)18)15(16-2)10-12-7-8-13-5-4-6-14(13)9-12/h7-9,11,15-16H,4-6,10H2,1-3H3. The molecule has 2 atom stereocenters. The molecular weight excluding hydrogens is 258 g/mol. The Hall–Kier alpha value is -0.870. The Morgan fingerprint density at radius 1 is 1.26 bits per heavy atom. The fourth-order valence-electron chi connectivity index (χ4n) is 2.81. The van der Waals surface area contributed by atoms with Gasteiger partial charge in [-0.05, 0) is 56.3 Å². The summed E-state index contributed by atoms with van der Waals surface area (Å²) < 4.78 is 23.3. The van der Waals surface area contributed by atoms with Crippen molar-refractivity contribution in [3.8, 4) is 0 Å². The zero-order valence-corrected chi connectivity index (χ0v) is 12.8. The van der Waals surface area contributed by atoms with Crippen LogP contribution in [0.25, 0.3) is 0 Å². The van der Waals surface area contributed by atoms with Crippen molar-refractivity contribution in [3.63, 3.8) is 0 Å². The third kappa shape index (κ3) is 3.37. The summed E-state index contributed by atoms with van der Waals surface area (Å²) in [7, 11) is -1.18. The monoisotopic (exact) mass is 281 g/mol. The SMILES string of the molecule is CNC(Cc1ccc2c(c1)CCC2)C(C)S(C)(=O)=O. The average molecular weight is 281 g/mol. The van der Waals surface area contributed by atoms with Crippen LogP contribution in [0.5, 0.6) is 0 Å². The van der Waals surface area contributed by atoms with E-state index < -0.39 is 9.84 Å². The molecule has 1 aromatic carbocycles. The highest BCUT2D eigenvalue weighted by molar-refractivity contribution is 7.91. The lowest BCUT2D eigenvalue weighted by Crippen LogP contribution is -2.41. The molecule has 0 saturated carbocycles. The van der Waals surface area contributed by atoms with E-state index in [9.17, 15) is 8.42 Å². The number of aryl methyl sites for hydroxylation is 2. The summed E-state index contributed by atoms with van der Waals surface area (Å²) in [4.78, 5) is 0. The molecule has 19 heavy (non-hydrogen) atoms. The van der Waals surface area contributed by atoms with Crippen LogP contribution >= 0.6 is 0 Å². The van der Waals surface area contributed by atoms with E-state index in [1.807, 2.05) is 7.05 Å². The van der Waals surface area contributed by atoms with Crippen LogP contribution in [0.15, 0.2) is 18.2 Å².